The number of halogens is 1. The van der Waals surface area contributed by atoms with Gasteiger partial charge in [-0.05, 0) is 37.1 Å². The van der Waals surface area contributed by atoms with Gasteiger partial charge in [0.1, 0.15) is 0 Å². The molecule has 0 saturated carbocycles. The molecule has 0 aliphatic carbocycles. The highest BCUT2D eigenvalue weighted by molar-refractivity contribution is 9.10. The zero-order valence-corrected chi connectivity index (χ0v) is 13.2. The van der Waals surface area contributed by atoms with Crippen molar-refractivity contribution in [3.05, 3.63) is 33.8 Å². The number of rotatable bonds is 5. The summed E-state index contributed by atoms with van der Waals surface area (Å²) in [6, 6.07) is 5.60. The maximum absolute atomic E-state index is 11.9. The topological polar surface area (TPSA) is 46.2 Å². The van der Waals surface area contributed by atoms with Crippen molar-refractivity contribution in [1.29, 1.82) is 0 Å². The van der Waals surface area contributed by atoms with Gasteiger partial charge in [-0.1, -0.05) is 22.9 Å². The number of nitrogens with one attached hydrogen (secondary N) is 1. The van der Waals surface area contributed by atoms with Crippen LogP contribution in [0.1, 0.15) is 29.3 Å². The van der Waals surface area contributed by atoms with Crippen molar-refractivity contribution in [3.8, 4) is 0 Å². The Morgan fingerprint density at radius 3 is 2.67 bits per heavy atom. The zero-order chi connectivity index (χ0) is 13.7. The van der Waals surface area contributed by atoms with E-state index in [-0.39, 0.29) is 11.2 Å². The average molecular weight is 332 g/mol. The highest BCUT2D eigenvalue weighted by Gasteiger charge is 2.09. The lowest BCUT2D eigenvalue weighted by atomic mass is 10.1. The molecule has 100 valence electrons. The summed E-state index contributed by atoms with van der Waals surface area (Å²) >= 11 is 3.37. The first-order valence-electron chi connectivity index (χ1n) is 5.77. The molecular formula is C13H18BrNO2S. The standard InChI is InChI=1S/C13H18BrNO2S/c1-9-6-11(8-12(14)7-9)13(16)15-5-4-10(2)18(3)17/h6-8,10H,4-5H2,1-3H3,(H,15,16)/t10-,18+/m1/s1. The average Bonchev–Trinajstić information content (AvgIpc) is 2.27. The highest BCUT2D eigenvalue weighted by atomic mass is 79.9. The van der Waals surface area contributed by atoms with Crippen LogP contribution >= 0.6 is 15.9 Å². The molecule has 0 aliphatic heterocycles. The minimum atomic E-state index is -0.836. The predicted octanol–water partition coefficient (Wildman–Crippen LogP) is 2.64. The largest absolute Gasteiger partial charge is 0.352 e. The highest BCUT2D eigenvalue weighted by Crippen LogP contribution is 2.15. The molecule has 1 amide bonds. The molecule has 1 aromatic carbocycles. The van der Waals surface area contributed by atoms with E-state index in [1.165, 1.54) is 0 Å². The van der Waals surface area contributed by atoms with E-state index in [2.05, 4.69) is 21.2 Å². The van der Waals surface area contributed by atoms with Crippen molar-refractivity contribution in [2.45, 2.75) is 25.5 Å². The van der Waals surface area contributed by atoms with Gasteiger partial charge in [0.05, 0.1) is 0 Å². The SMILES string of the molecule is Cc1cc(Br)cc(C(=O)NCC[C@@H](C)[S@](C)=O)c1. The summed E-state index contributed by atoms with van der Waals surface area (Å²) in [6.45, 7) is 4.42. The number of hydrogen-bond donors (Lipinski definition) is 1. The summed E-state index contributed by atoms with van der Waals surface area (Å²) in [4.78, 5) is 11.9. The first kappa shape index (κ1) is 15.4. The Bertz CT molecular complexity index is 442. The molecule has 0 spiro atoms. The molecule has 0 aliphatic rings. The van der Waals surface area contributed by atoms with Crippen LogP contribution in [0.15, 0.2) is 22.7 Å². The number of carbonyl (C=O) groups is 1. The fourth-order valence-corrected chi connectivity index (χ4v) is 2.58. The number of amides is 1. The number of benzene rings is 1. The summed E-state index contributed by atoms with van der Waals surface area (Å²) in [6.07, 6.45) is 2.41. The quantitative estimate of drug-likeness (QED) is 0.901. The van der Waals surface area contributed by atoms with Gasteiger partial charge in [0.15, 0.2) is 0 Å². The Morgan fingerprint density at radius 1 is 1.44 bits per heavy atom. The molecule has 5 heteroatoms. The fourth-order valence-electron chi connectivity index (χ4n) is 1.52. The van der Waals surface area contributed by atoms with Crippen molar-refractivity contribution >= 4 is 32.6 Å². The molecular weight excluding hydrogens is 314 g/mol. The van der Waals surface area contributed by atoms with Gasteiger partial charge in [-0.25, -0.2) is 0 Å². The summed E-state index contributed by atoms with van der Waals surface area (Å²) in [5.74, 6) is -0.0894. The monoisotopic (exact) mass is 331 g/mol. The maximum Gasteiger partial charge on any atom is 0.251 e. The van der Waals surface area contributed by atoms with E-state index in [0.29, 0.717) is 12.1 Å². The molecule has 1 N–H and O–H groups in total. The molecule has 0 fully saturated rings. The molecule has 2 atom stereocenters. The van der Waals surface area contributed by atoms with Crippen molar-refractivity contribution < 1.29 is 9.00 Å². The first-order valence-corrected chi connectivity index (χ1v) is 8.19. The normalized spacial score (nSPS) is 14.0. The third kappa shape index (κ3) is 4.90. The molecule has 0 heterocycles. The fraction of sp³-hybridized carbons (Fsp3) is 0.462. The van der Waals surface area contributed by atoms with E-state index in [1.54, 1.807) is 12.3 Å². The van der Waals surface area contributed by atoms with Crippen LogP contribution in [0.3, 0.4) is 0 Å². The second-order valence-corrected chi connectivity index (χ2v) is 7.09. The zero-order valence-electron chi connectivity index (χ0n) is 10.8. The van der Waals surface area contributed by atoms with Crippen LogP contribution in [0.2, 0.25) is 0 Å². The second kappa shape index (κ2) is 7.04. The molecule has 0 saturated heterocycles. The Hall–Kier alpha value is -0.680. The predicted molar refractivity (Wildman–Crippen MR) is 79.4 cm³/mol. The lowest BCUT2D eigenvalue weighted by molar-refractivity contribution is 0.0953. The number of aryl methyl sites for hydroxylation is 1. The Morgan fingerprint density at radius 2 is 2.11 bits per heavy atom. The van der Waals surface area contributed by atoms with Gasteiger partial charge in [0.2, 0.25) is 0 Å². The van der Waals surface area contributed by atoms with E-state index in [9.17, 15) is 9.00 Å². The van der Waals surface area contributed by atoms with Crippen LogP contribution in [0, 0.1) is 6.92 Å². The minimum Gasteiger partial charge on any atom is -0.352 e. The van der Waals surface area contributed by atoms with Crippen LogP contribution in [0.25, 0.3) is 0 Å². The Labute approximate surface area is 119 Å². The summed E-state index contributed by atoms with van der Waals surface area (Å²) in [5.41, 5.74) is 1.68. The molecule has 0 aromatic heterocycles. The van der Waals surface area contributed by atoms with Crippen LogP contribution in [0.5, 0.6) is 0 Å². The van der Waals surface area contributed by atoms with Gasteiger partial charge >= 0.3 is 0 Å². The minimum absolute atomic E-state index is 0.0894. The van der Waals surface area contributed by atoms with E-state index in [4.69, 9.17) is 0 Å². The van der Waals surface area contributed by atoms with Gasteiger partial charge in [0.25, 0.3) is 5.91 Å². The van der Waals surface area contributed by atoms with E-state index in [0.717, 1.165) is 16.5 Å². The molecule has 0 unspecified atom stereocenters. The lowest BCUT2D eigenvalue weighted by Crippen LogP contribution is -2.27. The van der Waals surface area contributed by atoms with Crippen LogP contribution in [-0.4, -0.2) is 28.2 Å². The third-order valence-electron chi connectivity index (χ3n) is 2.71. The number of carbonyl (C=O) groups excluding carboxylic acids is 1. The molecule has 1 rings (SSSR count). The van der Waals surface area contributed by atoms with Gasteiger partial charge in [0, 0.05) is 38.9 Å². The van der Waals surface area contributed by atoms with Crippen LogP contribution in [0.4, 0.5) is 0 Å². The van der Waals surface area contributed by atoms with E-state index >= 15 is 0 Å². The second-order valence-electron chi connectivity index (χ2n) is 4.37. The molecule has 0 bridgehead atoms. The Kier molecular flexibility index (Phi) is 6.02. The summed E-state index contributed by atoms with van der Waals surface area (Å²) in [7, 11) is -0.836. The van der Waals surface area contributed by atoms with E-state index < -0.39 is 10.8 Å². The molecule has 18 heavy (non-hydrogen) atoms. The Balaban J connectivity index is 2.53. The first-order chi connectivity index (χ1) is 8.40. The van der Waals surface area contributed by atoms with Crippen LogP contribution in [-0.2, 0) is 10.8 Å². The molecule has 1 aromatic rings. The third-order valence-corrected chi connectivity index (χ3v) is 4.53. The van der Waals surface area contributed by atoms with Crippen LogP contribution < -0.4 is 5.32 Å². The van der Waals surface area contributed by atoms with Crippen molar-refractivity contribution in [1.82, 2.24) is 5.32 Å². The lowest BCUT2D eigenvalue weighted by Gasteiger charge is -2.10. The molecule has 0 radical (unpaired) electrons. The smallest absolute Gasteiger partial charge is 0.251 e. The summed E-state index contributed by atoms with van der Waals surface area (Å²) in [5, 5.41) is 2.95. The van der Waals surface area contributed by atoms with Gasteiger partial charge in [-0.3, -0.25) is 9.00 Å². The molecule has 3 nitrogen and oxygen atoms in total. The summed E-state index contributed by atoms with van der Waals surface area (Å²) < 4.78 is 12.1. The van der Waals surface area contributed by atoms with Crippen molar-refractivity contribution in [3.63, 3.8) is 0 Å². The van der Waals surface area contributed by atoms with Gasteiger partial charge in [-0.2, -0.15) is 0 Å². The van der Waals surface area contributed by atoms with Crippen molar-refractivity contribution in [2.75, 3.05) is 12.8 Å². The maximum atomic E-state index is 11.9. The van der Waals surface area contributed by atoms with Gasteiger partial charge < -0.3 is 5.32 Å². The van der Waals surface area contributed by atoms with Gasteiger partial charge in [-0.15, -0.1) is 0 Å². The van der Waals surface area contributed by atoms with Crippen molar-refractivity contribution in [2.24, 2.45) is 0 Å². The number of hydrogen-bond acceptors (Lipinski definition) is 2. The van der Waals surface area contributed by atoms with E-state index in [1.807, 2.05) is 26.0 Å².